The van der Waals surface area contributed by atoms with Crippen molar-refractivity contribution in [3.63, 3.8) is 0 Å². The summed E-state index contributed by atoms with van der Waals surface area (Å²) in [5.74, 6) is -0.210. The van der Waals surface area contributed by atoms with Crippen molar-refractivity contribution in [3.8, 4) is 0 Å². The number of nitrogens with one attached hydrogen (secondary N) is 1. The fraction of sp³-hybridized carbons (Fsp3) is 0.167. The predicted molar refractivity (Wildman–Crippen MR) is 99.5 cm³/mol. The average Bonchev–Trinajstić information content (AvgIpc) is 2.87. The molecule has 0 spiro atoms. The van der Waals surface area contributed by atoms with Gasteiger partial charge in [0.05, 0.1) is 33.4 Å². The van der Waals surface area contributed by atoms with Gasteiger partial charge >= 0.3 is 0 Å². The standard InChI is InChI=1S/C18H14Cl3NO2/c1-9-3-10(2)18-11(8-24-16(18)4-9)5-17(23)22-15-7-13(20)12(19)6-14(15)21/h3-4,6-8H,5H2,1-2H3,(H,22,23). The molecule has 1 amide bonds. The number of rotatable bonds is 3. The van der Waals surface area contributed by atoms with Gasteiger partial charge in [-0.05, 0) is 43.2 Å². The number of halogens is 3. The fourth-order valence-electron chi connectivity index (χ4n) is 2.74. The van der Waals surface area contributed by atoms with Gasteiger partial charge in [0, 0.05) is 10.9 Å². The van der Waals surface area contributed by atoms with Crippen molar-refractivity contribution in [1.29, 1.82) is 0 Å². The third-order valence-corrected chi connectivity index (χ3v) is 4.76. The zero-order valence-corrected chi connectivity index (χ0v) is 15.3. The van der Waals surface area contributed by atoms with Gasteiger partial charge in [0.1, 0.15) is 5.58 Å². The zero-order chi connectivity index (χ0) is 17.4. The lowest BCUT2D eigenvalue weighted by atomic mass is 10.0. The number of carbonyl (C=O) groups is 1. The first-order chi connectivity index (χ1) is 11.3. The second-order valence-corrected chi connectivity index (χ2v) is 6.91. The summed E-state index contributed by atoms with van der Waals surface area (Å²) < 4.78 is 5.58. The summed E-state index contributed by atoms with van der Waals surface area (Å²) in [5, 5.41) is 4.73. The van der Waals surface area contributed by atoms with Gasteiger partial charge in [0.25, 0.3) is 0 Å². The Bertz CT molecular complexity index is 947. The van der Waals surface area contributed by atoms with Crippen molar-refractivity contribution in [2.45, 2.75) is 20.3 Å². The van der Waals surface area contributed by atoms with E-state index < -0.39 is 0 Å². The monoisotopic (exact) mass is 381 g/mol. The first-order valence-electron chi connectivity index (χ1n) is 7.27. The molecule has 0 aliphatic carbocycles. The van der Waals surface area contributed by atoms with Gasteiger partial charge in [0.2, 0.25) is 5.91 Å². The van der Waals surface area contributed by atoms with Crippen LogP contribution in [-0.2, 0) is 11.2 Å². The molecule has 3 rings (SSSR count). The quantitative estimate of drug-likeness (QED) is 0.549. The van der Waals surface area contributed by atoms with Crippen LogP contribution in [0, 0.1) is 13.8 Å². The van der Waals surface area contributed by atoms with E-state index in [1.807, 2.05) is 19.9 Å². The number of benzene rings is 2. The molecule has 0 unspecified atom stereocenters. The number of anilines is 1. The second kappa shape index (κ2) is 6.67. The molecule has 1 aromatic heterocycles. The third-order valence-electron chi connectivity index (χ3n) is 3.73. The van der Waals surface area contributed by atoms with Crippen LogP contribution in [0.5, 0.6) is 0 Å². The molecule has 3 nitrogen and oxygen atoms in total. The van der Waals surface area contributed by atoms with E-state index in [9.17, 15) is 4.79 Å². The smallest absolute Gasteiger partial charge is 0.228 e. The van der Waals surface area contributed by atoms with E-state index in [0.29, 0.717) is 20.8 Å². The molecule has 1 N–H and O–H groups in total. The molecule has 3 aromatic rings. The highest BCUT2D eigenvalue weighted by molar-refractivity contribution is 6.44. The molecule has 0 bridgehead atoms. The molecule has 2 aromatic carbocycles. The largest absolute Gasteiger partial charge is 0.464 e. The highest BCUT2D eigenvalue weighted by Gasteiger charge is 2.15. The summed E-state index contributed by atoms with van der Waals surface area (Å²) in [4.78, 5) is 12.4. The van der Waals surface area contributed by atoms with Crippen LogP contribution in [0.3, 0.4) is 0 Å². The fourth-order valence-corrected chi connectivity index (χ4v) is 3.34. The molecule has 6 heteroatoms. The van der Waals surface area contributed by atoms with Crippen LogP contribution in [0.2, 0.25) is 15.1 Å². The van der Waals surface area contributed by atoms with Crippen LogP contribution in [0.25, 0.3) is 11.0 Å². The summed E-state index contributed by atoms with van der Waals surface area (Å²) in [6, 6.07) is 7.06. The summed E-state index contributed by atoms with van der Waals surface area (Å²) in [6.07, 6.45) is 1.79. The average molecular weight is 383 g/mol. The Morgan fingerprint density at radius 3 is 2.50 bits per heavy atom. The van der Waals surface area contributed by atoms with Crippen LogP contribution < -0.4 is 5.32 Å². The van der Waals surface area contributed by atoms with Crippen molar-refractivity contribution in [3.05, 3.63) is 62.3 Å². The van der Waals surface area contributed by atoms with Gasteiger partial charge in [-0.1, -0.05) is 40.9 Å². The Balaban J connectivity index is 1.85. The van der Waals surface area contributed by atoms with Gasteiger partial charge in [-0.25, -0.2) is 0 Å². The van der Waals surface area contributed by atoms with Crippen molar-refractivity contribution < 1.29 is 9.21 Å². The van der Waals surface area contributed by atoms with Crippen LogP contribution in [-0.4, -0.2) is 5.91 Å². The maximum Gasteiger partial charge on any atom is 0.228 e. The van der Waals surface area contributed by atoms with Gasteiger partial charge < -0.3 is 9.73 Å². The second-order valence-electron chi connectivity index (χ2n) is 5.69. The third kappa shape index (κ3) is 3.39. The summed E-state index contributed by atoms with van der Waals surface area (Å²) in [5.41, 5.74) is 4.23. The minimum absolute atomic E-state index is 0.174. The van der Waals surface area contributed by atoms with Gasteiger partial charge in [-0.2, -0.15) is 0 Å². The van der Waals surface area contributed by atoms with Crippen LogP contribution in [0.1, 0.15) is 16.7 Å². The number of carbonyl (C=O) groups excluding carboxylic acids is 1. The number of furan rings is 1. The highest BCUT2D eigenvalue weighted by atomic mass is 35.5. The van der Waals surface area contributed by atoms with Gasteiger partial charge in [0.15, 0.2) is 0 Å². The molecule has 124 valence electrons. The molecule has 0 saturated carbocycles. The molecule has 0 saturated heterocycles. The zero-order valence-electron chi connectivity index (χ0n) is 13.0. The normalized spacial score (nSPS) is 11.0. The summed E-state index contributed by atoms with van der Waals surface area (Å²) in [7, 11) is 0. The molecular formula is C18H14Cl3NO2. The van der Waals surface area contributed by atoms with Crippen LogP contribution >= 0.6 is 34.8 Å². The van der Waals surface area contributed by atoms with Gasteiger partial charge in [-0.15, -0.1) is 0 Å². The van der Waals surface area contributed by atoms with E-state index in [0.717, 1.165) is 27.7 Å². The Labute approximate surface area is 154 Å². The molecule has 0 radical (unpaired) electrons. The molecule has 0 aliphatic rings. The maximum absolute atomic E-state index is 12.4. The number of hydrogen-bond donors (Lipinski definition) is 1. The number of aryl methyl sites for hydroxylation is 2. The SMILES string of the molecule is Cc1cc(C)c2c(CC(=O)Nc3cc(Cl)c(Cl)cc3Cl)coc2c1. The Morgan fingerprint density at radius 2 is 1.75 bits per heavy atom. The molecule has 1 heterocycles. The summed E-state index contributed by atoms with van der Waals surface area (Å²) in [6.45, 7) is 4.01. The Kier molecular flexibility index (Phi) is 4.77. The summed E-state index contributed by atoms with van der Waals surface area (Å²) >= 11 is 17.9. The van der Waals surface area contributed by atoms with E-state index in [2.05, 4.69) is 11.4 Å². The van der Waals surface area contributed by atoms with E-state index in [4.69, 9.17) is 39.2 Å². The van der Waals surface area contributed by atoms with Crippen LogP contribution in [0.4, 0.5) is 5.69 Å². The lowest BCUT2D eigenvalue weighted by molar-refractivity contribution is -0.115. The highest BCUT2D eigenvalue weighted by Crippen LogP contribution is 2.32. The first kappa shape index (κ1) is 17.2. The predicted octanol–water partition coefficient (Wildman–Crippen LogP) is 6.19. The molecule has 0 atom stereocenters. The molecular weight excluding hydrogens is 369 g/mol. The molecule has 0 fully saturated rings. The number of hydrogen-bond acceptors (Lipinski definition) is 2. The van der Waals surface area contributed by atoms with E-state index in [1.165, 1.54) is 12.1 Å². The minimum Gasteiger partial charge on any atom is -0.464 e. The van der Waals surface area contributed by atoms with E-state index in [-0.39, 0.29) is 12.3 Å². The lowest BCUT2D eigenvalue weighted by Gasteiger charge is -2.09. The van der Waals surface area contributed by atoms with Crippen molar-refractivity contribution in [2.24, 2.45) is 0 Å². The van der Waals surface area contributed by atoms with E-state index in [1.54, 1.807) is 6.26 Å². The van der Waals surface area contributed by atoms with Crippen molar-refractivity contribution >= 4 is 57.4 Å². The Hall–Kier alpha value is -1.68. The minimum atomic E-state index is -0.210. The number of amides is 1. The first-order valence-corrected chi connectivity index (χ1v) is 8.40. The van der Waals surface area contributed by atoms with Crippen molar-refractivity contribution in [1.82, 2.24) is 0 Å². The Morgan fingerprint density at radius 1 is 1.04 bits per heavy atom. The number of fused-ring (bicyclic) bond motifs is 1. The molecule has 24 heavy (non-hydrogen) atoms. The van der Waals surface area contributed by atoms with E-state index >= 15 is 0 Å². The molecule has 0 aliphatic heterocycles. The van der Waals surface area contributed by atoms with Gasteiger partial charge in [-0.3, -0.25) is 4.79 Å². The lowest BCUT2D eigenvalue weighted by Crippen LogP contribution is -2.14. The van der Waals surface area contributed by atoms with Crippen molar-refractivity contribution in [2.75, 3.05) is 5.32 Å². The topological polar surface area (TPSA) is 42.2 Å². The maximum atomic E-state index is 12.4. The van der Waals surface area contributed by atoms with Crippen LogP contribution in [0.15, 0.2) is 34.9 Å².